The first-order chi connectivity index (χ1) is 19.7. The summed E-state index contributed by atoms with van der Waals surface area (Å²) in [6.07, 6.45) is 52.7. The van der Waals surface area contributed by atoms with E-state index in [1.165, 1.54) is 173 Å². The molecule has 0 radical (unpaired) electrons. The number of hydrogen-bond donors (Lipinski definition) is 0. The second-order valence-electron chi connectivity index (χ2n) is 13.8. The molecule has 0 spiro atoms. The fraction of sp³-hybridized carbons (Fsp3) is 1.00. The van der Waals surface area contributed by atoms with Crippen LogP contribution in [-0.4, -0.2) is 24.6 Å². The normalized spacial score (nSPS) is 12.0. The van der Waals surface area contributed by atoms with Gasteiger partial charge in [-0.15, -0.1) is 0 Å². The third-order valence-electron chi connectivity index (χ3n) is 9.69. The van der Waals surface area contributed by atoms with Crippen LogP contribution in [0, 0.1) is 0 Å². The van der Waals surface area contributed by atoms with E-state index in [1.807, 2.05) is 0 Å². The summed E-state index contributed by atoms with van der Waals surface area (Å²) in [4.78, 5) is 0. The van der Waals surface area contributed by atoms with Crippen LogP contribution in [-0.2, 0) is 0 Å². The van der Waals surface area contributed by atoms with E-state index < -0.39 is 7.26 Å². The Hall–Kier alpha value is 0.430. The predicted octanol–water partition coefficient (Wildman–Crippen LogP) is 15.2. The van der Waals surface area contributed by atoms with Gasteiger partial charge in [0, 0.05) is 7.26 Å². The fourth-order valence-corrected chi connectivity index (χ4v) is 11.7. The zero-order chi connectivity index (χ0) is 29.2. The highest BCUT2D eigenvalue weighted by Gasteiger charge is 2.34. The summed E-state index contributed by atoms with van der Waals surface area (Å²) < 4.78 is 0. The lowest BCUT2D eigenvalue weighted by Gasteiger charge is -2.28. The predicted molar refractivity (Wildman–Crippen MR) is 192 cm³/mol. The maximum absolute atomic E-state index is 2.35. The molecule has 0 rings (SSSR count). The zero-order valence-corrected chi connectivity index (χ0v) is 30.1. The summed E-state index contributed by atoms with van der Waals surface area (Å²) in [7, 11) is -0.745. The second kappa shape index (κ2) is 33.9. The van der Waals surface area contributed by atoms with Gasteiger partial charge in [-0.1, -0.05) is 175 Å². The van der Waals surface area contributed by atoms with Crippen molar-refractivity contribution >= 4 is 7.26 Å². The van der Waals surface area contributed by atoms with Gasteiger partial charge in [0.1, 0.15) is 0 Å². The molecule has 0 aliphatic heterocycles. The first kappa shape index (κ1) is 40.4. The van der Waals surface area contributed by atoms with Gasteiger partial charge in [0.2, 0.25) is 0 Å². The van der Waals surface area contributed by atoms with Crippen molar-refractivity contribution in [1.82, 2.24) is 0 Å². The van der Waals surface area contributed by atoms with Crippen LogP contribution in [0.15, 0.2) is 0 Å². The third kappa shape index (κ3) is 28.5. The number of rotatable bonds is 35. The fourth-order valence-electron chi connectivity index (χ4n) is 6.82. The van der Waals surface area contributed by atoms with Crippen molar-refractivity contribution in [2.75, 3.05) is 24.6 Å². The maximum atomic E-state index is 2.35. The maximum Gasteiger partial charge on any atom is 0.0594 e. The van der Waals surface area contributed by atoms with Gasteiger partial charge in [0.25, 0.3) is 0 Å². The molecular formula is C39H82P+. The Morgan fingerprint density at radius 3 is 0.525 bits per heavy atom. The van der Waals surface area contributed by atoms with Crippen molar-refractivity contribution in [1.29, 1.82) is 0 Å². The Balaban J connectivity index is 4.58. The summed E-state index contributed by atoms with van der Waals surface area (Å²) >= 11 is 0. The molecule has 0 aromatic rings. The Morgan fingerprint density at radius 1 is 0.200 bits per heavy atom. The highest BCUT2D eigenvalue weighted by Crippen LogP contribution is 2.61. The van der Waals surface area contributed by atoms with Crippen LogP contribution in [0.3, 0.4) is 0 Å². The summed E-state index contributed by atoms with van der Waals surface area (Å²) in [5.41, 5.74) is 0. The first-order valence-corrected chi connectivity index (χ1v) is 22.1. The first-order valence-electron chi connectivity index (χ1n) is 19.6. The third-order valence-corrected chi connectivity index (χ3v) is 14.8. The van der Waals surface area contributed by atoms with Crippen molar-refractivity contribution in [3.05, 3.63) is 0 Å². The smallest absolute Gasteiger partial charge is 0.0594 e. The van der Waals surface area contributed by atoms with E-state index in [4.69, 9.17) is 0 Å². The van der Waals surface area contributed by atoms with Crippen LogP contribution in [0.2, 0.25) is 0 Å². The molecule has 0 aliphatic rings. The van der Waals surface area contributed by atoms with Crippen LogP contribution >= 0.6 is 7.26 Å². The quantitative estimate of drug-likeness (QED) is 0.0516. The molecule has 0 aromatic carbocycles. The largest absolute Gasteiger partial charge is 0.0654 e. The molecule has 0 heterocycles. The lowest BCUT2D eigenvalue weighted by Crippen LogP contribution is -2.13. The SMILES string of the molecule is CCCCCCCCCCCCCCC[P+](CCCCCCCC)(CCCCCCCC)CCCCCCCC. The molecule has 0 N–H and O–H groups in total. The second-order valence-corrected chi connectivity index (χ2v) is 18.3. The Labute approximate surface area is 258 Å². The van der Waals surface area contributed by atoms with Crippen LogP contribution in [0.25, 0.3) is 0 Å². The molecule has 242 valence electrons. The molecule has 0 aromatic heterocycles. The number of hydrogen-bond acceptors (Lipinski definition) is 0. The average Bonchev–Trinajstić information content (AvgIpc) is 2.96. The summed E-state index contributed by atoms with van der Waals surface area (Å²) in [6.45, 7) is 9.38. The van der Waals surface area contributed by atoms with Crippen LogP contribution < -0.4 is 0 Å². The Kier molecular flexibility index (Phi) is 34.3. The van der Waals surface area contributed by atoms with Gasteiger partial charge < -0.3 is 0 Å². The van der Waals surface area contributed by atoms with Gasteiger partial charge >= 0.3 is 0 Å². The molecule has 0 fully saturated rings. The van der Waals surface area contributed by atoms with Crippen molar-refractivity contribution in [3.8, 4) is 0 Å². The lowest BCUT2D eigenvalue weighted by molar-refractivity contribution is 0.542. The van der Waals surface area contributed by atoms with E-state index in [0.717, 1.165) is 0 Å². The van der Waals surface area contributed by atoms with E-state index in [2.05, 4.69) is 27.7 Å². The molecule has 0 nitrogen and oxygen atoms in total. The van der Waals surface area contributed by atoms with Crippen molar-refractivity contribution < 1.29 is 0 Å². The highest BCUT2D eigenvalue weighted by atomic mass is 31.2. The molecule has 0 aliphatic carbocycles. The Morgan fingerprint density at radius 2 is 0.350 bits per heavy atom. The molecule has 0 saturated carbocycles. The lowest BCUT2D eigenvalue weighted by atomic mass is 10.1. The summed E-state index contributed by atoms with van der Waals surface area (Å²) in [6, 6.07) is 0. The minimum absolute atomic E-state index is 0.745. The molecular weight excluding hydrogens is 499 g/mol. The van der Waals surface area contributed by atoms with Crippen molar-refractivity contribution in [2.24, 2.45) is 0 Å². The van der Waals surface area contributed by atoms with Crippen LogP contribution in [0.4, 0.5) is 0 Å². The molecule has 0 saturated heterocycles. The van der Waals surface area contributed by atoms with E-state index >= 15 is 0 Å². The monoisotopic (exact) mass is 582 g/mol. The van der Waals surface area contributed by atoms with E-state index in [0.29, 0.717) is 0 Å². The molecule has 0 atom stereocenters. The van der Waals surface area contributed by atoms with E-state index in [-0.39, 0.29) is 0 Å². The van der Waals surface area contributed by atoms with Crippen molar-refractivity contribution in [2.45, 2.75) is 227 Å². The van der Waals surface area contributed by atoms with Gasteiger partial charge in [0.15, 0.2) is 0 Å². The molecule has 0 bridgehead atoms. The van der Waals surface area contributed by atoms with Gasteiger partial charge in [-0.25, -0.2) is 0 Å². The van der Waals surface area contributed by atoms with Crippen LogP contribution in [0.1, 0.15) is 227 Å². The van der Waals surface area contributed by atoms with Gasteiger partial charge in [-0.05, 0) is 51.4 Å². The van der Waals surface area contributed by atoms with Gasteiger partial charge in [0.05, 0.1) is 24.6 Å². The average molecular weight is 582 g/mol. The van der Waals surface area contributed by atoms with Crippen molar-refractivity contribution in [3.63, 3.8) is 0 Å². The molecule has 40 heavy (non-hydrogen) atoms. The molecule has 0 unspecified atom stereocenters. The summed E-state index contributed by atoms with van der Waals surface area (Å²) in [5.74, 6) is 0. The topological polar surface area (TPSA) is 0 Å². The van der Waals surface area contributed by atoms with Gasteiger partial charge in [-0.2, -0.15) is 0 Å². The summed E-state index contributed by atoms with van der Waals surface area (Å²) in [5, 5.41) is 0. The minimum Gasteiger partial charge on any atom is -0.0654 e. The molecule has 0 amide bonds. The highest BCUT2D eigenvalue weighted by molar-refractivity contribution is 7.75. The number of unbranched alkanes of at least 4 members (excludes halogenated alkanes) is 27. The Bertz CT molecular complexity index is 403. The van der Waals surface area contributed by atoms with E-state index in [1.54, 1.807) is 50.3 Å². The molecule has 1 heteroatoms. The van der Waals surface area contributed by atoms with Crippen LogP contribution in [0.5, 0.6) is 0 Å². The van der Waals surface area contributed by atoms with Gasteiger partial charge in [-0.3, -0.25) is 0 Å². The minimum atomic E-state index is -0.745. The van der Waals surface area contributed by atoms with E-state index in [9.17, 15) is 0 Å². The zero-order valence-electron chi connectivity index (χ0n) is 29.2. The standard InChI is InChI=1S/C39H82P/c1-5-9-13-17-21-22-23-24-25-26-27-31-35-39-40(36-32-28-18-14-10-6-2,37-33-29-19-15-11-7-3)38-34-30-20-16-12-8-4/h5-39H2,1-4H3/q+1.